The van der Waals surface area contributed by atoms with Gasteiger partial charge in [0.15, 0.2) is 0 Å². The standard InChI is InChI=1S/C21H36O/c1-3-5-7-8-9-10-11-13-15-19-16-14-18-21(22)20(19)17-12-6-4-2/h14,16,18,22H,3-13,15,17H2,1-2H3. The summed E-state index contributed by atoms with van der Waals surface area (Å²) in [6, 6.07) is 6.06. The lowest BCUT2D eigenvalue weighted by atomic mass is 9.96. The second-order valence-corrected chi connectivity index (χ2v) is 6.60. The van der Waals surface area contributed by atoms with Crippen LogP contribution < -0.4 is 0 Å². The van der Waals surface area contributed by atoms with Gasteiger partial charge in [-0.2, -0.15) is 0 Å². The molecule has 0 atom stereocenters. The fourth-order valence-corrected chi connectivity index (χ4v) is 3.15. The molecule has 0 spiro atoms. The van der Waals surface area contributed by atoms with Crippen molar-refractivity contribution in [2.24, 2.45) is 0 Å². The lowest BCUT2D eigenvalue weighted by Gasteiger charge is -2.11. The molecule has 0 saturated heterocycles. The summed E-state index contributed by atoms with van der Waals surface area (Å²) in [5.74, 6) is 0.508. The lowest BCUT2D eigenvalue weighted by molar-refractivity contribution is 0.464. The largest absolute Gasteiger partial charge is 0.508 e. The molecule has 1 aromatic carbocycles. The molecule has 0 fully saturated rings. The number of hydrogen-bond donors (Lipinski definition) is 1. The van der Waals surface area contributed by atoms with Crippen molar-refractivity contribution in [1.29, 1.82) is 0 Å². The molecule has 0 bridgehead atoms. The highest BCUT2D eigenvalue weighted by molar-refractivity contribution is 5.39. The Bertz CT molecular complexity index is 383. The van der Waals surface area contributed by atoms with Crippen LogP contribution in [0.15, 0.2) is 18.2 Å². The van der Waals surface area contributed by atoms with E-state index in [2.05, 4.69) is 19.9 Å². The average molecular weight is 305 g/mol. The molecule has 0 amide bonds. The SMILES string of the molecule is CCCCCCCCCCc1cccc(O)c1CCCCC. The number of aromatic hydroxyl groups is 1. The summed E-state index contributed by atoms with van der Waals surface area (Å²) >= 11 is 0. The van der Waals surface area contributed by atoms with Crippen molar-refractivity contribution < 1.29 is 5.11 Å². The summed E-state index contributed by atoms with van der Waals surface area (Å²) in [6.07, 6.45) is 16.7. The summed E-state index contributed by atoms with van der Waals surface area (Å²) in [6.45, 7) is 4.50. The molecular weight excluding hydrogens is 268 g/mol. The van der Waals surface area contributed by atoms with E-state index in [9.17, 15) is 5.11 Å². The molecule has 0 unspecified atom stereocenters. The average Bonchev–Trinajstić information content (AvgIpc) is 2.52. The van der Waals surface area contributed by atoms with Crippen molar-refractivity contribution in [2.45, 2.75) is 97.3 Å². The van der Waals surface area contributed by atoms with Gasteiger partial charge >= 0.3 is 0 Å². The molecule has 0 aliphatic heterocycles. The molecule has 22 heavy (non-hydrogen) atoms. The van der Waals surface area contributed by atoms with Crippen molar-refractivity contribution in [3.63, 3.8) is 0 Å². The molecule has 1 nitrogen and oxygen atoms in total. The van der Waals surface area contributed by atoms with Crippen molar-refractivity contribution >= 4 is 0 Å². The first-order valence-corrected chi connectivity index (χ1v) is 9.59. The predicted molar refractivity (Wildman–Crippen MR) is 97.6 cm³/mol. The third-order valence-electron chi connectivity index (χ3n) is 4.58. The molecule has 1 aromatic rings. The van der Waals surface area contributed by atoms with Gasteiger partial charge in [-0.3, -0.25) is 0 Å². The fourth-order valence-electron chi connectivity index (χ4n) is 3.15. The van der Waals surface area contributed by atoms with Gasteiger partial charge in [0.1, 0.15) is 5.75 Å². The van der Waals surface area contributed by atoms with Crippen LogP contribution in [-0.2, 0) is 12.8 Å². The van der Waals surface area contributed by atoms with Crippen LogP contribution in [0.3, 0.4) is 0 Å². The quantitative estimate of drug-likeness (QED) is 0.397. The maximum atomic E-state index is 10.1. The van der Waals surface area contributed by atoms with Gasteiger partial charge in [-0.05, 0) is 42.9 Å². The Morgan fingerprint density at radius 3 is 1.91 bits per heavy atom. The molecule has 1 heteroatoms. The summed E-state index contributed by atoms with van der Waals surface area (Å²) in [5.41, 5.74) is 2.58. The first-order chi connectivity index (χ1) is 10.8. The highest BCUT2D eigenvalue weighted by Crippen LogP contribution is 2.25. The highest BCUT2D eigenvalue weighted by Gasteiger charge is 2.07. The Hall–Kier alpha value is -0.980. The van der Waals surface area contributed by atoms with Crippen LogP contribution in [0.5, 0.6) is 5.75 Å². The number of aryl methyl sites for hydroxylation is 1. The van der Waals surface area contributed by atoms with Crippen LogP contribution >= 0.6 is 0 Å². The van der Waals surface area contributed by atoms with E-state index in [4.69, 9.17) is 0 Å². The zero-order chi connectivity index (χ0) is 16.0. The van der Waals surface area contributed by atoms with Gasteiger partial charge < -0.3 is 5.11 Å². The van der Waals surface area contributed by atoms with Crippen LogP contribution in [0.1, 0.15) is 95.6 Å². The Morgan fingerprint density at radius 2 is 1.23 bits per heavy atom. The topological polar surface area (TPSA) is 20.2 Å². The van der Waals surface area contributed by atoms with E-state index < -0.39 is 0 Å². The third-order valence-corrected chi connectivity index (χ3v) is 4.58. The molecule has 0 aliphatic carbocycles. The second kappa shape index (κ2) is 12.6. The number of rotatable bonds is 13. The van der Waals surface area contributed by atoms with Crippen molar-refractivity contribution in [1.82, 2.24) is 0 Å². The Labute approximate surface area is 138 Å². The summed E-state index contributed by atoms with van der Waals surface area (Å²) in [5, 5.41) is 10.1. The second-order valence-electron chi connectivity index (χ2n) is 6.60. The Balaban J connectivity index is 2.28. The van der Waals surface area contributed by atoms with Crippen LogP contribution in [0.4, 0.5) is 0 Å². The normalized spacial score (nSPS) is 11.0. The molecule has 1 N–H and O–H groups in total. The molecule has 0 aliphatic rings. The summed E-state index contributed by atoms with van der Waals surface area (Å²) < 4.78 is 0. The minimum absolute atomic E-state index is 0.508. The van der Waals surface area contributed by atoms with E-state index in [0.717, 1.165) is 12.8 Å². The van der Waals surface area contributed by atoms with Gasteiger partial charge in [-0.25, -0.2) is 0 Å². The van der Waals surface area contributed by atoms with Crippen molar-refractivity contribution in [2.75, 3.05) is 0 Å². The minimum Gasteiger partial charge on any atom is -0.508 e. The van der Waals surface area contributed by atoms with Crippen molar-refractivity contribution in [3.05, 3.63) is 29.3 Å². The lowest BCUT2D eigenvalue weighted by Crippen LogP contribution is -1.96. The minimum atomic E-state index is 0.508. The van der Waals surface area contributed by atoms with E-state index in [1.54, 1.807) is 0 Å². The van der Waals surface area contributed by atoms with Gasteiger partial charge in [0.25, 0.3) is 0 Å². The fraction of sp³-hybridized carbons (Fsp3) is 0.714. The van der Waals surface area contributed by atoms with E-state index in [0.29, 0.717) is 5.75 Å². The van der Waals surface area contributed by atoms with Gasteiger partial charge in [-0.15, -0.1) is 0 Å². The maximum Gasteiger partial charge on any atom is 0.119 e. The Morgan fingerprint density at radius 1 is 0.682 bits per heavy atom. The Kier molecular flexibility index (Phi) is 10.9. The molecule has 126 valence electrons. The van der Waals surface area contributed by atoms with E-state index in [-0.39, 0.29) is 0 Å². The van der Waals surface area contributed by atoms with E-state index in [1.165, 1.54) is 81.8 Å². The van der Waals surface area contributed by atoms with Crippen LogP contribution in [0, 0.1) is 0 Å². The summed E-state index contributed by atoms with van der Waals surface area (Å²) in [4.78, 5) is 0. The monoisotopic (exact) mass is 304 g/mol. The molecule has 0 heterocycles. The van der Waals surface area contributed by atoms with Gasteiger partial charge in [0.2, 0.25) is 0 Å². The first-order valence-electron chi connectivity index (χ1n) is 9.59. The van der Waals surface area contributed by atoms with Crippen LogP contribution in [-0.4, -0.2) is 5.11 Å². The molecule has 1 rings (SSSR count). The highest BCUT2D eigenvalue weighted by atomic mass is 16.3. The zero-order valence-corrected chi connectivity index (χ0v) is 14.9. The van der Waals surface area contributed by atoms with Crippen molar-refractivity contribution in [3.8, 4) is 5.75 Å². The van der Waals surface area contributed by atoms with Crippen LogP contribution in [0.2, 0.25) is 0 Å². The smallest absolute Gasteiger partial charge is 0.119 e. The van der Waals surface area contributed by atoms with Crippen LogP contribution in [0.25, 0.3) is 0 Å². The number of benzene rings is 1. The molecule has 0 aromatic heterocycles. The number of phenols is 1. The molecule has 0 radical (unpaired) electrons. The van der Waals surface area contributed by atoms with E-state index in [1.807, 2.05) is 12.1 Å². The van der Waals surface area contributed by atoms with Gasteiger partial charge in [0, 0.05) is 0 Å². The first kappa shape index (κ1) is 19.1. The zero-order valence-electron chi connectivity index (χ0n) is 14.9. The molecular formula is C21H36O. The van der Waals surface area contributed by atoms with Gasteiger partial charge in [0.05, 0.1) is 0 Å². The number of unbranched alkanes of at least 4 members (excludes halogenated alkanes) is 9. The predicted octanol–water partition coefficient (Wildman–Crippen LogP) is 6.81. The molecule has 0 saturated carbocycles. The van der Waals surface area contributed by atoms with E-state index >= 15 is 0 Å². The maximum absolute atomic E-state index is 10.1. The number of hydrogen-bond acceptors (Lipinski definition) is 1. The van der Waals surface area contributed by atoms with Gasteiger partial charge in [-0.1, -0.05) is 83.8 Å². The summed E-state index contributed by atoms with van der Waals surface area (Å²) in [7, 11) is 0. The third kappa shape index (κ3) is 7.87. The number of phenolic OH excluding ortho intramolecular Hbond substituents is 1.